The number of nitrogens with zero attached hydrogens (tertiary/aromatic N) is 1. The lowest BCUT2D eigenvalue weighted by molar-refractivity contribution is 0.199. The van der Waals surface area contributed by atoms with Gasteiger partial charge in [0.05, 0.1) is 12.8 Å². The van der Waals surface area contributed by atoms with Gasteiger partial charge in [0, 0.05) is 32.5 Å². The fourth-order valence-electron chi connectivity index (χ4n) is 1.49. The number of ether oxygens (including phenoxy) is 1. The van der Waals surface area contributed by atoms with Crippen LogP contribution in [0.4, 0.5) is 0 Å². The van der Waals surface area contributed by atoms with Gasteiger partial charge in [-0.3, -0.25) is 0 Å². The first-order valence-electron chi connectivity index (χ1n) is 5.54. The first-order chi connectivity index (χ1) is 7.40. The summed E-state index contributed by atoms with van der Waals surface area (Å²) in [4.78, 5) is 4.26. The van der Waals surface area contributed by atoms with E-state index in [4.69, 9.17) is 9.15 Å². The number of rotatable bonds is 7. The molecule has 1 aliphatic carbocycles. The van der Waals surface area contributed by atoms with Crippen molar-refractivity contribution in [3.8, 4) is 0 Å². The summed E-state index contributed by atoms with van der Waals surface area (Å²) in [5, 5.41) is 3.26. The van der Waals surface area contributed by atoms with Crippen LogP contribution in [0.15, 0.2) is 10.6 Å². The molecule has 0 radical (unpaired) electrons. The monoisotopic (exact) mass is 210 g/mol. The molecule has 1 aliphatic rings. The van der Waals surface area contributed by atoms with Gasteiger partial charge < -0.3 is 14.5 Å². The molecule has 2 rings (SSSR count). The largest absolute Gasteiger partial charge is 0.445 e. The molecular weight excluding hydrogens is 192 g/mol. The second kappa shape index (κ2) is 5.28. The van der Waals surface area contributed by atoms with Crippen molar-refractivity contribution in [2.45, 2.75) is 25.2 Å². The number of hydrogen-bond acceptors (Lipinski definition) is 4. The topological polar surface area (TPSA) is 47.3 Å². The first-order valence-corrected chi connectivity index (χ1v) is 5.54. The van der Waals surface area contributed by atoms with Crippen molar-refractivity contribution in [2.24, 2.45) is 0 Å². The van der Waals surface area contributed by atoms with Crippen LogP contribution in [0.2, 0.25) is 0 Å². The Morgan fingerprint density at radius 2 is 2.40 bits per heavy atom. The standard InChI is InChI=1S/C11H18N2O2/c1-14-7-6-12-5-4-11-13-8-10(15-11)9-2-3-9/h8-9,12H,2-7H2,1H3. The maximum Gasteiger partial charge on any atom is 0.195 e. The highest BCUT2D eigenvalue weighted by atomic mass is 16.5. The van der Waals surface area contributed by atoms with Crippen LogP contribution < -0.4 is 5.32 Å². The Balaban J connectivity index is 1.64. The van der Waals surface area contributed by atoms with Crippen molar-refractivity contribution in [1.82, 2.24) is 10.3 Å². The van der Waals surface area contributed by atoms with Crippen LogP contribution in [0.3, 0.4) is 0 Å². The van der Waals surface area contributed by atoms with Gasteiger partial charge in [-0.25, -0.2) is 4.98 Å². The van der Waals surface area contributed by atoms with Gasteiger partial charge in [0.2, 0.25) is 0 Å². The van der Waals surface area contributed by atoms with Crippen LogP contribution in [0.25, 0.3) is 0 Å². The minimum absolute atomic E-state index is 0.660. The van der Waals surface area contributed by atoms with Crippen molar-refractivity contribution >= 4 is 0 Å². The summed E-state index contributed by atoms with van der Waals surface area (Å²) in [6.45, 7) is 2.53. The van der Waals surface area contributed by atoms with Crippen molar-refractivity contribution < 1.29 is 9.15 Å². The molecule has 0 bridgehead atoms. The van der Waals surface area contributed by atoms with Crippen LogP contribution in [-0.4, -0.2) is 31.8 Å². The van der Waals surface area contributed by atoms with E-state index in [2.05, 4.69) is 10.3 Å². The molecule has 15 heavy (non-hydrogen) atoms. The number of methoxy groups -OCH3 is 1. The highest BCUT2D eigenvalue weighted by Crippen LogP contribution is 2.40. The van der Waals surface area contributed by atoms with E-state index in [1.165, 1.54) is 12.8 Å². The van der Waals surface area contributed by atoms with Gasteiger partial charge in [-0.05, 0) is 12.8 Å². The molecule has 1 N–H and O–H groups in total. The molecule has 0 aliphatic heterocycles. The maximum atomic E-state index is 5.63. The van der Waals surface area contributed by atoms with Gasteiger partial charge in [-0.2, -0.15) is 0 Å². The Labute approximate surface area is 90.0 Å². The molecule has 1 saturated carbocycles. The SMILES string of the molecule is COCCNCCc1ncc(C2CC2)o1. The summed E-state index contributed by atoms with van der Waals surface area (Å²) in [6.07, 6.45) is 5.26. The zero-order valence-electron chi connectivity index (χ0n) is 9.16. The van der Waals surface area contributed by atoms with Crippen molar-refractivity contribution in [3.05, 3.63) is 17.8 Å². The van der Waals surface area contributed by atoms with E-state index in [9.17, 15) is 0 Å². The van der Waals surface area contributed by atoms with Crippen LogP contribution >= 0.6 is 0 Å². The molecule has 0 spiro atoms. The number of aromatic nitrogens is 1. The third kappa shape index (κ3) is 3.32. The maximum absolute atomic E-state index is 5.63. The van der Waals surface area contributed by atoms with E-state index in [-0.39, 0.29) is 0 Å². The van der Waals surface area contributed by atoms with E-state index >= 15 is 0 Å². The molecule has 0 atom stereocenters. The highest BCUT2D eigenvalue weighted by Gasteiger charge is 2.27. The lowest BCUT2D eigenvalue weighted by Crippen LogP contribution is -2.21. The number of oxazole rings is 1. The molecule has 0 amide bonds. The summed E-state index contributed by atoms with van der Waals surface area (Å²) < 4.78 is 10.6. The summed E-state index contributed by atoms with van der Waals surface area (Å²) in [7, 11) is 1.71. The quantitative estimate of drug-likeness (QED) is 0.690. The average molecular weight is 210 g/mol. The second-order valence-corrected chi connectivity index (χ2v) is 3.92. The smallest absolute Gasteiger partial charge is 0.195 e. The molecule has 84 valence electrons. The third-order valence-electron chi connectivity index (χ3n) is 2.55. The highest BCUT2D eigenvalue weighted by molar-refractivity contribution is 5.08. The molecule has 0 unspecified atom stereocenters. The van der Waals surface area contributed by atoms with Crippen LogP contribution in [-0.2, 0) is 11.2 Å². The minimum atomic E-state index is 0.660. The second-order valence-electron chi connectivity index (χ2n) is 3.92. The van der Waals surface area contributed by atoms with Gasteiger partial charge in [0.15, 0.2) is 5.89 Å². The van der Waals surface area contributed by atoms with Crippen LogP contribution in [0, 0.1) is 0 Å². The molecule has 4 nitrogen and oxygen atoms in total. The van der Waals surface area contributed by atoms with Gasteiger partial charge in [-0.15, -0.1) is 0 Å². The minimum Gasteiger partial charge on any atom is -0.445 e. The Kier molecular flexibility index (Phi) is 3.75. The van der Waals surface area contributed by atoms with E-state index < -0.39 is 0 Å². The van der Waals surface area contributed by atoms with E-state index in [1.54, 1.807) is 7.11 Å². The fourth-order valence-corrected chi connectivity index (χ4v) is 1.49. The number of nitrogens with one attached hydrogen (secondary N) is 1. The van der Waals surface area contributed by atoms with Crippen molar-refractivity contribution in [2.75, 3.05) is 26.8 Å². The predicted molar refractivity (Wildman–Crippen MR) is 56.9 cm³/mol. The van der Waals surface area contributed by atoms with E-state index in [1.807, 2.05) is 6.20 Å². The Morgan fingerprint density at radius 3 is 3.13 bits per heavy atom. The summed E-state index contributed by atoms with van der Waals surface area (Å²) in [5.74, 6) is 2.58. The van der Waals surface area contributed by atoms with Crippen molar-refractivity contribution in [1.29, 1.82) is 0 Å². The Bertz CT molecular complexity index is 295. The predicted octanol–water partition coefficient (Wildman–Crippen LogP) is 1.33. The van der Waals surface area contributed by atoms with Gasteiger partial charge in [-0.1, -0.05) is 0 Å². The molecule has 0 aromatic carbocycles. The lowest BCUT2D eigenvalue weighted by atomic mass is 10.3. The van der Waals surface area contributed by atoms with Crippen LogP contribution in [0.1, 0.15) is 30.4 Å². The van der Waals surface area contributed by atoms with E-state index in [0.29, 0.717) is 5.92 Å². The summed E-state index contributed by atoms with van der Waals surface area (Å²) >= 11 is 0. The van der Waals surface area contributed by atoms with Gasteiger partial charge in [0.25, 0.3) is 0 Å². The Hall–Kier alpha value is -0.870. The lowest BCUT2D eigenvalue weighted by Gasteiger charge is -2.00. The first kappa shape index (κ1) is 10.6. The zero-order chi connectivity index (χ0) is 10.5. The molecule has 1 aromatic heterocycles. The average Bonchev–Trinajstić information content (AvgIpc) is 2.99. The molecular formula is C11H18N2O2. The molecule has 1 fully saturated rings. The molecule has 1 aromatic rings. The summed E-state index contributed by atoms with van der Waals surface area (Å²) in [6, 6.07) is 0. The van der Waals surface area contributed by atoms with Crippen LogP contribution in [0.5, 0.6) is 0 Å². The summed E-state index contributed by atoms with van der Waals surface area (Å²) in [5.41, 5.74) is 0. The molecule has 1 heterocycles. The van der Waals surface area contributed by atoms with E-state index in [0.717, 1.165) is 37.8 Å². The van der Waals surface area contributed by atoms with Gasteiger partial charge >= 0.3 is 0 Å². The molecule has 4 heteroatoms. The van der Waals surface area contributed by atoms with Crippen molar-refractivity contribution in [3.63, 3.8) is 0 Å². The normalized spacial score (nSPS) is 15.8. The van der Waals surface area contributed by atoms with Gasteiger partial charge in [0.1, 0.15) is 5.76 Å². The zero-order valence-corrected chi connectivity index (χ0v) is 9.16. The number of hydrogen-bond donors (Lipinski definition) is 1. The fraction of sp³-hybridized carbons (Fsp3) is 0.727. The third-order valence-corrected chi connectivity index (χ3v) is 2.55. The Morgan fingerprint density at radius 1 is 1.53 bits per heavy atom. The molecule has 0 saturated heterocycles.